The van der Waals surface area contributed by atoms with Crippen LogP contribution in [0.4, 0.5) is 5.82 Å². The van der Waals surface area contributed by atoms with E-state index in [1.807, 2.05) is 30.3 Å². The van der Waals surface area contributed by atoms with Gasteiger partial charge in [0.1, 0.15) is 11.6 Å². The summed E-state index contributed by atoms with van der Waals surface area (Å²) in [5.41, 5.74) is 9.03. The molecule has 168 valence electrons. The summed E-state index contributed by atoms with van der Waals surface area (Å²) in [5.74, 6) is 0.500. The molecule has 0 bridgehead atoms. The molecule has 3 aromatic rings. The SMILES string of the molecule is C[C@H](Cc1cccc(CC(=O)NCc2ccccc2O)c1)NC[C@H](O)c1ccc(N)nc1. The van der Waals surface area contributed by atoms with E-state index < -0.39 is 6.10 Å². The number of phenols is 1. The number of anilines is 1. The molecule has 3 rings (SSSR count). The van der Waals surface area contributed by atoms with Gasteiger partial charge in [-0.1, -0.05) is 48.5 Å². The van der Waals surface area contributed by atoms with Crippen molar-refractivity contribution in [3.8, 4) is 5.75 Å². The third-order valence-corrected chi connectivity index (χ3v) is 5.22. The average molecular weight is 435 g/mol. The fraction of sp³-hybridized carbons (Fsp3) is 0.280. The molecule has 0 spiro atoms. The van der Waals surface area contributed by atoms with Gasteiger partial charge in [-0.15, -0.1) is 0 Å². The second kappa shape index (κ2) is 11.3. The third-order valence-electron chi connectivity index (χ3n) is 5.22. The van der Waals surface area contributed by atoms with E-state index in [0.29, 0.717) is 17.9 Å². The molecule has 1 amide bonds. The molecule has 0 fully saturated rings. The lowest BCUT2D eigenvalue weighted by Gasteiger charge is -2.18. The van der Waals surface area contributed by atoms with Gasteiger partial charge in [0.15, 0.2) is 0 Å². The molecule has 7 heteroatoms. The Hall–Kier alpha value is -3.42. The smallest absolute Gasteiger partial charge is 0.224 e. The Balaban J connectivity index is 1.46. The van der Waals surface area contributed by atoms with E-state index >= 15 is 0 Å². The first-order valence-electron chi connectivity index (χ1n) is 10.6. The quantitative estimate of drug-likeness (QED) is 0.334. The van der Waals surface area contributed by atoms with Crippen molar-refractivity contribution >= 4 is 11.7 Å². The minimum absolute atomic E-state index is 0.100. The molecule has 2 atom stereocenters. The fourth-order valence-electron chi connectivity index (χ4n) is 3.44. The Bertz CT molecular complexity index is 1020. The molecule has 1 aromatic heterocycles. The predicted molar refractivity (Wildman–Crippen MR) is 125 cm³/mol. The van der Waals surface area contributed by atoms with E-state index in [-0.39, 0.29) is 30.7 Å². The maximum Gasteiger partial charge on any atom is 0.224 e. The number of amides is 1. The highest BCUT2D eigenvalue weighted by atomic mass is 16.3. The van der Waals surface area contributed by atoms with Crippen LogP contribution in [0.3, 0.4) is 0 Å². The molecule has 2 aromatic carbocycles. The molecule has 0 aliphatic carbocycles. The van der Waals surface area contributed by atoms with Gasteiger partial charge in [-0.05, 0) is 36.6 Å². The molecule has 1 heterocycles. The predicted octanol–water partition coefficient (Wildman–Crippen LogP) is 2.48. The highest BCUT2D eigenvalue weighted by Crippen LogP contribution is 2.15. The van der Waals surface area contributed by atoms with Crippen LogP contribution in [0.2, 0.25) is 0 Å². The molecular formula is C25H30N4O3. The Kier molecular flexibility index (Phi) is 8.19. The number of nitrogens with one attached hydrogen (secondary N) is 2. The highest BCUT2D eigenvalue weighted by molar-refractivity contribution is 5.78. The van der Waals surface area contributed by atoms with Crippen LogP contribution in [0.1, 0.15) is 35.3 Å². The Morgan fingerprint density at radius 1 is 1.09 bits per heavy atom. The second-order valence-electron chi connectivity index (χ2n) is 7.95. The van der Waals surface area contributed by atoms with Crippen LogP contribution in [0, 0.1) is 0 Å². The monoisotopic (exact) mass is 434 g/mol. The number of aliphatic hydroxyl groups is 1. The number of para-hydroxylation sites is 1. The van der Waals surface area contributed by atoms with Crippen LogP contribution in [0.15, 0.2) is 66.9 Å². The number of aromatic nitrogens is 1. The summed E-state index contributed by atoms with van der Waals surface area (Å²) in [7, 11) is 0. The van der Waals surface area contributed by atoms with Gasteiger partial charge >= 0.3 is 0 Å². The number of carbonyl (C=O) groups is 1. The Labute approximate surface area is 188 Å². The summed E-state index contributed by atoms with van der Waals surface area (Å²) in [5, 5.41) is 26.3. The third kappa shape index (κ3) is 7.08. The number of nitrogens with zero attached hydrogens (tertiary/aromatic N) is 1. The summed E-state index contributed by atoms with van der Waals surface area (Å²) < 4.78 is 0. The number of nitrogens with two attached hydrogens (primary N) is 1. The van der Waals surface area contributed by atoms with E-state index in [1.165, 1.54) is 0 Å². The molecule has 0 saturated heterocycles. The van der Waals surface area contributed by atoms with E-state index in [1.54, 1.807) is 36.5 Å². The molecule has 0 aliphatic heterocycles. The van der Waals surface area contributed by atoms with Crippen molar-refractivity contribution in [2.75, 3.05) is 12.3 Å². The van der Waals surface area contributed by atoms with E-state index in [9.17, 15) is 15.0 Å². The van der Waals surface area contributed by atoms with Crippen molar-refractivity contribution in [1.82, 2.24) is 15.6 Å². The molecule has 0 aliphatic rings. The van der Waals surface area contributed by atoms with Crippen molar-refractivity contribution in [2.45, 2.75) is 38.5 Å². The van der Waals surface area contributed by atoms with Crippen LogP contribution in [0.5, 0.6) is 5.75 Å². The number of aromatic hydroxyl groups is 1. The zero-order valence-electron chi connectivity index (χ0n) is 18.2. The van der Waals surface area contributed by atoms with E-state index in [0.717, 1.165) is 23.1 Å². The summed E-state index contributed by atoms with van der Waals surface area (Å²) in [4.78, 5) is 16.3. The maximum atomic E-state index is 12.3. The standard InChI is InChI=1S/C25H30N4O3/c1-17(27-16-23(31)21-9-10-24(26)28-14-21)11-18-5-4-6-19(12-18)13-25(32)29-15-20-7-2-3-8-22(20)30/h2-10,12,14,17,23,27,30-31H,11,13,15-16H2,1H3,(H2,26,28)(H,29,32)/t17-,23+/m1/s1. The number of carbonyl (C=O) groups excluding carboxylic acids is 1. The zero-order valence-corrected chi connectivity index (χ0v) is 18.2. The Morgan fingerprint density at radius 3 is 2.62 bits per heavy atom. The van der Waals surface area contributed by atoms with Gasteiger partial charge in [0.25, 0.3) is 0 Å². The van der Waals surface area contributed by atoms with Crippen molar-refractivity contribution in [1.29, 1.82) is 0 Å². The van der Waals surface area contributed by atoms with Gasteiger partial charge in [-0.2, -0.15) is 0 Å². The van der Waals surface area contributed by atoms with Crippen LogP contribution in [-0.4, -0.2) is 33.7 Å². The van der Waals surface area contributed by atoms with Crippen LogP contribution in [-0.2, 0) is 24.2 Å². The van der Waals surface area contributed by atoms with Gasteiger partial charge in [0.05, 0.1) is 12.5 Å². The molecule has 32 heavy (non-hydrogen) atoms. The zero-order chi connectivity index (χ0) is 22.9. The largest absolute Gasteiger partial charge is 0.508 e. The molecule has 6 N–H and O–H groups in total. The second-order valence-corrected chi connectivity index (χ2v) is 7.95. The van der Waals surface area contributed by atoms with Gasteiger partial charge in [0.2, 0.25) is 5.91 Å². The number of pyridine rings is 1. The normalized spacial score (nSPS) is 12.8. The first-order chi connectivity index (χ1) is 15.4. The molecule has 0 radical (unpaired) electrons. The minimum Gasteiger partial charge on any atom is -0.508 e. The molecule has 0 saturated carbocycles. The molecule has 7 nitrogen and oxygen atoms in total. The fourth-order valence-corrected chi connectivity index (χ4v) is 3.44. The lowest BCUT2D eigenvalue weighted by atomic mass is 10.0. The number of benzene rings is 2. The highest BCUT2D eigenvalue weighted by Gasteiger charge is 2.11. The van der Waals surface area contributed by atoms with Gasteiger partial charge in [-0.3, -0.25) is 4.79 Å². The number of aliphatic hydroxyl groups excluding tert-OH is 1. The van der Waals surface area contributed by atoms with Crippen LogP contribution < -0.4 is 16.4 Å². The number of rotatable bonds is 10. The van der Waals surface area contributed by atoms with Crippen LogP contribution >= 0.6 is 0 Å². The van der Waals surface area contributed by atoms with Crippen molar-refractivity contribution < 1.29 is 15.0 Å². The number of phenolic OH excluding ortho intramolecular Hbond substituents is 1. The molecule has 0 unspecified atom stereocenters. The lowest BCUT2D eigenvalue weighted by molar-refractivity contribution is -0.120. The first-order valence-corrected chi connectivity index (χ1v) is 10.6. The Morgan fingerprint density at radius 2 is 1.88 bits per heavy atom. The van der Waals surface area contributed by atoms with Crippen LogP contribution in [0.25, 0.3) is 0 Å². The summed E-state index contributed by atoms with van der Waals surface area (Å²) in [6.45, 7) is 2.75. The lowest BCUT2D eigenvalue weighted by Crippen LogP contribution is -2.32. The summed E-state index contributed by atoms with van der Waals surface area (Å²) in [6.07, 6.45) is 1.95. The molecular weight excluding hydrogens is 404 g/mol. The van der Waals surface area contributed by atoms with Crippen molar-refractivity contribution in [2.24, 2.45) is 0 Å². The van der Waals surface area contributed by atoms with E-state index in [2.05, 4.69) is 22.5 Å². The van der Waals surface area contributed by atoms with Crippen molar-refractivity contribution in [3.05, 3.63) is 89.1 Å². The number of nitrogen functional groups attached to an aromatic ring is 1. The van der Waals surface area contributed by atoms with Gasteiger partial charge < -0.3 is 26.6 Å². The number of hydrogen-bond acceptors (Lipinski definition) is 6. The number of hydrogen-bond donors (Lipinski definition) is 5. The van der Waals surface area contributed by atoms with Gasteiger partial charge in [0, 0.05) is 36.5 Å². The average Bonchev–Trinajstić information content (AvgIpc) is 2.77. The van der Waals surface area contributed by atoms with E-state index in [4.69, 9.17) is 5.73 Å². The maximum absolute atomic E-state index is 12.3. The topological polar surface area (TPSA) is 120 Å². The van der Waals surface area contributed by atoms with Crippen molar-refractivity contribution in [3.63, 3.8) is 0 Å². The summed E-state index contributed by atoms with van der Waals surface area (Å²) >= 11 is 0. The first kappa shape index (κ1) is 23.2. The van der Waals surface area contributed by atoms with Gasteiger partial charge in [-0.25, -0.2) is 4.98 Å². The summed E-state index contributed by atoms with van der Waals surface area (Å²) in [6, 6.07) is 18.5. The minimum atomic E-state index is -0.662.